The molecule has 0 aliphatic carbocycles. The summed E-state index contributed by atoms with van der Waals surface area (Å²) in [6, 6.07) is 7.46. The van der Waals surface area contributed by atoms with Crippen LogP contribution in [0.4, 0.5) is 0 Å². The fraction of sp³-hybridized carbons (Fsp3) is 0.385. The minimum absolute atomic E-state index is 0.0837. The van der Waals surface area contributed by atoms with Crippen LogP contribution in [0.2, 0.25) is 5.02 Å². The summed E-state index contributed by atoms with van der Waals surface area (Å²) in [6.07, 6.45) is 2.98. The van der Waals surface area contributed by atoms with Crippen LogP contribution in [0.5, 0.6) is 0 Å². The van der Waals surface area contributed by atoms with Crippen molar-refractivity contribution < 1.29 is 5.11 Å². The average molecular weight is 266 g/mol. The lowest BCUT2D eigenvalue weighted by molar-refractivity contribution is 0.275. The number of nitrogens with zero attached hydrogens (tertiary/aromatic N) is 3. The lowest BCUT2D eigenvalue weighted by Crippen LogP contribution is -2.04. The van der Waals surface area contributed by atoms with Gasteiger partial charge in [0.25, 0.3) is 0 Å². The molecule has 2 rings (SSSR count). The fourth-order valence-electron chi connectivity index (χ4n) is 1.87. The number of hydrogen-bond acceptors (Lipinski definition) is 3. The standard InChI is InChI=1S/C13H16ClN3O/c1-2-3-7-13-12(9-18)15-16-17(13)11-6-4-5-10(14)8-11/h4-6,8,18H,2-3,7,9H2,1H3. The van der Waals surface area contributed by atoms with Crippen LogP contribution in [0.25, 0.3) is 5.69 Å². The van der Waals surface area contributed by atoms with Crippen molar-refractivity contribution in [3.05, 3.63) is 40.7 Å². The normalized spacial score (nSPS) is 10.8. The molecular weight excluding hydrogens is 250 g/mol. The first kappa shape index (κ1) is 13.1. The molecule has 0 unspecified atom stereocenters. The summed E-state index contributed by atoms with van der Waals surface area (Å²) in [7, 11) is 0. The second kappa shape index (κ2) is 5.98. The SMILES string of the molecule is CCCCc1c(CO)nnn1-c1cccc(Cl)c1. The Morgan fingerprint density at radius 3 is 2.89 bits per heavy atom. The molecular formula is C13H16ClN3O. The van der Waals surface area contributed by atoms with Gasteiger partial charge in [-0.3, -0.25) is 0 Å². The van der Waals surface area contributed by atoms with Gasteiger partial charge in [0.2, 0.25) is 0 Å². The molecule has 0 saturated carbocycles. The molecule has 0 radical (unpaired) electrons. The van der Waals surface area contributed by atoms with Gasteiger partial charge in [-0.2, -0.15) is 0 Å². The van der Waals surface area contributed by atoms with E-state index in [4.69, 9.17) is 11.6 Å². The van der Waals surface area contributed by atoms with Gasteiger partial charge in [0, 0.05) is 5.02 Å². The summed E-state index contributed by atoms with van der Waals surface area (Å²) >= 11 is 5.98. The van der Waals surface area contributed by atoms with Crippen LogP contribution < -0.4 is 0 Å². The number of aliphatic hydroxyl groups excluding tert-OH is 1. The average Bonchev–Trinajstić information content (AvgIpc) is 2.79. The molecule has 0 bridgehead atoms. The number of unbranched alkanes of at least 4 members (excludes halogenated alkanes) is 1. The second-order valence-electron chi connectivity index (χ2n) is 4.14. The van der Waals surface area contributed by atoms with Gasteiger partial charge < -0.3 is 5.11 Å². The number of aliphatic hydroxyl groups is 1. The van der Waals surface area contributed by atoms with Crippen molar-refractivity contribution in [1.29, 1.82) is 0 Å². The third kappa shape index (κ3) is 2.71. The smallest absolute Gasteiger partial charge is 0.112 e. The first-order valence-corrected chi connectivity index (χ1v) is 6.44. The van der Waals surface area contributed by atoms with E-state index in [9.17, 15) is 5.11 Å². The lowest BCUT2D eigenvalue weighted by Gasteiger charge is -2.07. The van der Waals surface area contributed by atoms with Crippen molar-refractivity contribution in [2.24, 2.45) is 0 Å². The Hall–Kier alpha value is -1.39. The zero-order chi connectivity index (χ0) is 13.0. The Balaban J connectivity index is 2.40. The van der Waals surface area contributed by atoms with E-state index >= 15 is 0 Å². The molecule has 18 heavy (non-hydrogen) atoms. The predicted octanol–water partition coefficient (Wildman–Crippen LogP) is 2.76. The topological polar surface area (TPSA) is 50.9 Å². The summed E-state index contributed by atoms with van der Waals surface area (Å²) in [5, 5.41) is 18.1. The monoisotopic (exact) mass is 265 g/mol. The highest BCUT2D eigenvalue weighted by molar-refractivity contribution is 6.30. The molecule has 0 fully saturated rings. The van der Waals surface area contributed by atoms with Crippen LogP contribution in [-0.2, 0) is 13.0 Å². The van der Waals surface area contributed by atoms with Gasteiger partial charge in [-0.25, -0.2) is 4.68 Å². The highest BCUT2D eigenvalue weighted by atomic mass is 35.5. The molecule has 0 aliphatic heterocycles. The Kier molecular flexibility index (Phi) is 4.33. The van der Waals surface area contributed by atoms with Crippen molar-refractivity contribution in [1.82, 2.24) is 15.0 Å². The molecule has 1 N–H and O–H groups in total. The van der Waals surface area contributed by atoms with Crippen LogP contribution in [0.15, 0.2) is 24.3 Å². The van der Waals surface area contributed by atoms with E-state index in [1.807, 2.05) is 24.3 Å². The first-order chi connectivity index (χ1) is 8.76. The van der Waals surface area contributed by atoms with E-state index in [2.05, 4.69) is 17.2 Å². The van der Waals surface area contributed by atoms with Crippen LogP contribution in [0.3, 0.4) is 0 Å². The van der Waals surface area contributed by atoms with Gasteiger partial charge >= 0.3 is 0 Å². The number of aromatic nitrogens is 3. The van der Waals surface area contributed by atoms with Crippen molar-refractivity contribution >= 4 is 11.6 Å². The highest BCUT2D eigenvalue weighted by Gasteiger charge is 2.13. The number of halogens is 1. The van der Waals surface area contributed by atoms with Crippen LogP contribution >= 0.6 is 11.6 Å². The molecule has 1 aromatic heterocycles. The van der Waals surface area contributed by atoms with Crippen molar-refractivity contribution in [2.75, 3.05) is 0 Å². The fourth-order valence-corrected chi connectivity index (χ4v) is 2.05. The molecule has 1 aromatic carbocycles. The quantitative estimate of drug-likeness (QED) is 0.904. The summed E-state index contributed by atoms with van der Waals surface area (Å²) in [4.78, 5) is 0. The summed E-state index contributed by atoms with van der Waals surface area (Å²) in [5.41, 5.74) is 2.48. The third-order valence-electron chi connectivity index (χ3n) is 2.81. The lowest BCUT2D eigenvalue weighted by atomic mass is 10.1. The van der Waals surface area contributed by atoms with Gasteiger partial charge in [0.1, 0.15) is 5.69 Å². The largest absolute Gasteiger partial charge is 0.390 e. The maximum atomic E-state index is 9.29. The van der Waals surface area contributed by atoms with E-state index in [1.165, 1.54) is 0 Å². The minimum atomic E-state index is -0.0837. The van der Waals surface area contributed by atoms with E-state index < -0.39 is 0 Å². The van der Waals surface area contributed by atoms with E-state index in [0.29, 0.717) is 10.7 Å². The van der Waals surface area contributed by atoms with Crippen molar-refractivity contribution in [3.63, 3.8) is 0 Å². The number of rotatable bonds is 5. The van der Waals surface area contributed by atoms with E-state index in [-0.39, 0.29) is 6.61 Å². The van der Waals surface area contributed by atoms with Crippen molar-refractivity contribution in [3.8, 4) is 5.69 Å². The van der Waals surface area contributed by atoms with Gasteiger partial charge in [-0.05, 0) is 31.0 Å². The summed E-state index contributed by atoms with van der Waals surface area (Å²) in [6.45, 7) is 2.05. The number of benzene rings is 1. The highest BCUT2D eigenvalue weighted by Crippen LogP contribution is 2.18. The Labute approximate surface area is 111 Å². The Bertz CT molecular complexity index is 525. The van der Waals surface area contributed by atoms with E-state index in [0.717, 1.165) is 30.6 Å². The number of hydrogen-bond donors (Lipinski definition) is 1. The van der Waals surface area contributed by atoms with Crippen LogP contribution in [-0.4, -0.2) is 20.1 Å². The zero-order valence-corrected chi connectivity index (χ0v) is 11.1. The van der Waals surface area contributed by atoms with Gasteiger partial charge in [0.15, 0.2) is 0 Å². The molecule has 1 heterocycles. The zero-order valence-electron chi connectivity index (χ0n) is 10.3. The van der Waals surface area contributed by atoms with E-state index in [1.54, 1.807) is 4.68 Å². The molecule has 0 saturated heterocycles. The summed E-state index contributed by atoms with van der Waals surface area (Å²) in [5.74, 6) is 0. The molecule has 0 aliphatic rings. The summed E-state index contributed by atoms with van der Waals surface area (Å²) < 4.78 is 1.76. The maximum Gasteiger partial charge on any atom is 0.112 e. The van der Waals surface area contributed by atoms with Gasteiger partial charge in [0.05, 0.1) is 18.0 Å². The molecule has 96 valence electrons. The van der Waals surface area contributed by atoms with Crippen LogP contribution in [0.1, 0.15) is 31.2 Å². The Morgan fingerprint density at radius 1 is 1.39 bits per heavy atom. The minimum Gasteiger partial charge on any atom is -0.390 e. The van der Waals surface area contributed by atoms with Crippen molar-refractivity contribution in [2.45, 2.75) is 32.8 Å². The molecule has 0 atom stereocenters. The molecule has 2 aromatic rings. The van der Waals surface area contributed by atoms with Crippen LogP contribution in [0, 0.1) is 0 Å². The van der Waals surface area contributed by atoms with Gasteiger partial charge in [-0.15, -0.1) is 5.10 Å². The maximum absolute atomic E-state index is 9.29. The second-order valence-corrected chi connectivity index (χ2v) is 4.57. The Morgan fingerprint density at radius 2 is 2.22 bits per heavy atom. The molecule has 0 spiro atoms. The van der Waals surface area contributed by atoms with Gasteiger partial charge in [-0.1, -0.05) is 36.2 Å². The third-order valence-corrected chi connectivity index (χ3v) is 3.05. The molecule has 0 amide bonds. The molecule has 4 nitrogen and oxygen atoms in total. The molecule has 5 heteroatoms. The predicted molar refractivity (Wildman–Crippen MR) is 70.9 cm³/mol. The first-order valence-electron chi connectivity index (χ1n) is 6.06.